The number of methoxy groups -OCH3 is 1. The largest absolute Gasteiger partial charge is 0.478 e. The number of pyridine rings is 1. The van der Waals surface area contributed by atoms with Gasteiger partial charge in [0.25, 0.3) is 0 Å². The van der Waals surface area contributed by atoms with Crippen molar-refractivity contribution in [1.82, 2.24) is 4.98 Å². The van der Waals surface area contributed by atoms with Crippen molar-refractivity contribution >= 4 is 10.9 Å². The van der Waals surface area contributed by atoms with Gasteiger partial charge in [-0.2, -0.15) is 0 Å². The fraction of sp³-hybridized carbons (Fsp3) is 0.471. The Morgan fingerprint density at radius 1 is 0.905 bits per heavy atom. The third-order valence-electron chi connectivity index (χ3n) is 3.21. The van der Waals surface area contributed by atoms with Crippen LogP contribution >= 0.6 is 0 Å². The Labute approximate surface area is 126 Å². The van der Waals surface area contributed by atoms with E-state index in [0.717, 1.165) is 43.2 Å². The second-order valence-corrected chi connectivity index (χ2v) is 4.92. The number of rotatable bonds is 10. The van der Waals surface area contributed by atoms with E-state index in [4.69, 9.17) is 14.2 Å². The van der Waals surface area contributed by atoms with Gasteiger partial charge < -0.3 is 14.2 Å². The minimum atomic E-state index is 0.386. The number of fused-ring (bicyclic) bond motifs is 1. The highest BCUT2D eigenvalue weighted by molar-refractivity contribution is 5.78. The van der Waals surface area contributed by atoms with Gasteiger partial charge in [0, 0.05) is 25.2 Å². The molecule has 4 heteroatoms. The summed E-state index contributed by atoms with van der Waals surface area (Å²) in [5.74, 6) is 0.706. The molecular weight excluding hydrogens is 266 g/mol. The van der Waals surface area contributed by atoms with Crippen molar-refractivity contribution in [2.75, 3.05) is 27.1 Å². The lowest BCUT2D eigenvalue weighted by Gasteiger charge is -2.06. The Morgan fingerprint density at radius 3 is 2.57 bits per heavy atom. The average molecular weight is 289 g/mol. The topological polar surface area (TPSA) is 40.6 Å². The van der Waals surface area contributed by atoms with E-state index in [1.807, 2.05) is 30.3 Å². The number of hydrogen-bond acceptors (Lipinski definition) is 4. The highest BCUT2D eigenvalue weighted by atomic mass is 16.7. The van der Waals surface area contributed by atoms with Crippen LogP contribution in [-0.2, 0) is 9.47 Å². The van der Waals surface area contributed by atoms with Crippen LogP contribution in [0, 0.1) is 0 Å². The van der Waals surface area contributed by atoms with Gasteiger partial charge in [-0.25, -0.2) is 4.98 Å². The van der Waals surface area contributed by atoms with Crippen molar-refractivity contribution in [2.45, 2.75) is 25.7 Å². The molecular formula is C17H23NO3. The summed E-state index contributed by atoms with van der Waals surface area (Å²) < 4.78 is 15.8. The van der Waals surface area contributed by atoms with Crippen LogP contribution in [0.2, 0.25) is 0 Å². The average Bonchev–Trinajstić information content (AvgIpc) is 2.53. The van der Waals surface area contributed by atoms with Crippen molar-refractivity contribution < 1.29 is 14.2 Å². The molecule has 4 nitrogen and oxygen atoms in total. The highest BCUT2D eigenvalue weighted by Gasteiger charge is 1.98. The van der Waals surface area contributed by atoms with Crippen molar-refractivity contribution in [3.05, 3.63) is 36.4 Å². The van der Waals surface area contributed by atoms with Gasteiger partial charge in [-0.3, -0.25) is 0 Å². The molecule has 0 saturated carbocycles. The molecule has 0 aliphatic rings. The van der Waals surface area contributed by atoms with Crippen LogP contribution < -0.4 is 4.74 Å². The van der Waals surface area contributed by atoms with Crippen LogP contribution in [0.3, 0.4) is 0 Å². The number of unbranched alkanes of at least 4 members (excludes halogenated alkanes) is 3. The lowest BCUT2D eigenvalue weighted by Crippen LogP contribution is -2.01. The standard InChI is InChI=1S/C17H23NO3/c1-19-14-20-12-6-2-3-7-13-21-17-11-10-15-8-4-5-9-16(15)18-17/h4-5,8-11H,2-3,6-7,12-14H2,1H3. The Hall–Kier alpha value is -1.65. The molecule has 114 valence electrons. The van der Waals surface area contributed by atoms with Crippen molar-refractivity contribution in [3.8, 4) is 5.88 Å². The monoisotopic (exact) mass is 289 g/mol. The summed E-state index contributed by atoms with van der Waals surface area (Å²) in [5, 5.41) is 1.14. The predicted molar refractivity (Wildman–Crippen MR) is 83.5 cm³/mol. The smallest absolute Gasteiger partial charge is 0.213 e. The van der Waals surface area contributed by atoms with Crippen LogP contribution in [0.5, 0.6) is 5.88 Å². The van der Waals surface area contributed by atoms with Crippen LogP contribution in [-0.4, -0.2) is 32.1 Å². The third kappa shape index (κ3) is 5.69. The fourth-order valence-corrected chi connectivity index (χ4v) is 2.11. The first-order chi connectivity index (χ1) is 10.4. The van der Waals surface area contributed by atoms with E-state index >= 15 is 0 Å². The minimum Gasteiger partial charge on any atom is -0.478 e. The summed E-state index contributed by atoms with van der Waals surface area (Å²) in [4.78, 5) is 4.49. The molecule has 1 aromatic carbocycles. The van der Waals surface area contributed by atoms with E-state index in [-0.39, 0.29) is 0 Å². The van der Waals surface area contributed by atoms with E-state index in [9.17, 15) is 0 Å². The second kappa shape index (κ2) is 9.32. The SMILES string of the molecule is COCOCCCCCCOc1ccc2ccccc2n1. The van der Waals surface area contributed by atoms with Crippen LogP contribution in [0.4, 0.5) is 0 Å². The maximum Gasteiger partial charge on any atom is 0.213 e. The van der Waals surface area contributed by atoms with Crippen molar-refractivity contribution in [2.24, 2.45) is 0 Å². The molecule has 0 fully saturated rings. The van der Waals surface area contributed by atoms with Crippen molar-refractivity contribution in [1.29, 1.82) is 0 Å². The molecule has 2 aromatic rings. The number of hydrogen-bond donors (Lipinski definition) is 0. The van der Waals surface area contributed by atoms with E-state index in [1.165, 1.54) is 0 Å². The summed E-state index contributed by atoms with van der Waals surface area (Å²) in [7, 11) is 1.64. The summed E-state index contributed by atoms with van der Waals surface area (Å²) >= 11 is 0. The number of para-hydroxylation sites is 1. The van der Waals surface area contributed by atoms with E-state index in [1.54, 1.807) is 7.11 Å². The van der Waals surface area contributed by atoms with E-state index in [0.29, 0.717) is 19.3 Å². The van der Waals surface area contributed by atoms with Gasteiger partial charge in [0.05, 0.1) is 12.1 Å². The Kier molecular flexibility index (Phi) is 6.98. The molecule has 0 amide bonds. The van der Waals surface area contributed by atoms with Crippen LogP contribution in [0.15, 0.2) is 36.4 Å². The summed E-state index contributed by atoms with van der Waals surface area (Å²) in [6.45, 7) is 1.86. The van der Waals surface area contributed by atoms with Gasteiger partial charge in [-0.1, -0.05) is 24.6 Å². The zero-order valence-corrected chi connectivity index (χ0v) is 12.6. The molecule has 21 heavy (non-hydrogen) atoms. The first kappa shape index (κ1) is 15.7. The van der Waals surface area contributed by atoms with E-state index in [2.05, 4.69) is 11.1 Å². The van der Waals surface area contributed by atoms with Gasteiger partial charge in [0.1, 0.15) is 6.79 Å². The Bertz CT molecular complexity index is 530. The second-order valence-electron chi connectivity index (χ2n) is 4.92. The Balaban J connectivity index is 1.59. The quantitative estimate of drug-likeness (QED) is 0.493. The van der Waals surface area contributed by atoms with Gasteiger partial charge in [-0.15, -0.1) is 0 Å². The normalized spacial score (nSPS) is 10.9. The summed E-state index contributed by atoms with van der Waals surface area (Å²) in [5.41, 5.74) is 0.977. The maximum absolute atomic E-state index is 5.70. The zero-order chi connectivity index (χ0) is 14.8. The molecule has 0 spiro atoms. The van der Waals surface area contributed by atoms with Crippen molar-refractivity contribution in [3.63, 3.8) is 0 Å². The van der Waals surface area contributed by atoms with Gasteiger partial charge in [-0.05, 0) is 31.4 Å². The molecule has 2 rings (SSSR count). The molecule has 0 radical (unpaired) electrons. The van der Waals surface area contributed by atoms with E-state index < -0.39 is 0 Å². The molecule has 0 N–H and O–H groups in total. The van der Waals surface area contributed by atoms with Gasteiger partial charge in [0.2, 0.25) is 5.88 Å². The van der Waals surface area contributed by atoms with Crippen LogP contribution in [0.1, 0.15) is 25.7 Å². The van der Waals surface area contributed by atoms with Gasteiger partial charge in [0.15, 0.2) is 0 Å². The number of nitrogens with zero attached hydrogens (tertiary/aromatic N) is 1. The molecule has 0 bridgehead atoms. The fourth-order valence-electron chi connectivity index (χ4n) is 2.11. The molecule has 1 aromatic heterocycles. The first-order valence-electron chi connectivity index (χ1n) is 7.45. The molecule has 0 atom stereocenters. The summed E-state index contributed by atoms with van der Waals surface area (Å²) in [6, 6.07) is 12.0. The maximum atomic E-state index is 5.70. The zero-order valence-electron chi connectivity index (χ0n) is 12.6. The number of benzene rings is 1. The lowest BCUT2D eigenvalue weighted by atomic mass is 10.2. The van der Waals surface area contributed by atoms with Gasteiger partial charge >= 0.3 is 0 Å². The minimum absolute atomic E-state index is 0.386. The lowest BCUT2D eigenvalue weighted by molar-refractivity contribution is -0.0316. The number of aromatic nitrogens is 1. The number of ether oxygens (including phenoxy) is 3. The molecule has 0 aliphatic carbocycles. The molecule has 0 saturated heterocycles. The Morgan fingerprint density at radius 2 is 1.71 bits per heavy atom. The first-order valence-corrected chi connectivity index (χ1v) is 7.45. The highest BCUT2D eigenvalue weighted by Crippen LogP contribution is 2.16. The third-order valence-corrected chi connectivity index (χ3v) is 3.21. The molecule has 1 heterocycles. The van der Waals surface area contributed by atoms with Crippen LogP contribution in [0.25, 0.3) is 10.9 Å². The summed E-state index contributed by atoms with van der Waals surface area (Å²) in [6.07, 6.45) is 4.40. The predicted octanol–water partition coefficient (Wildman–Crippen LogP) is 3.79. The molecule has 0 aliphatic heterocycles. The molecule has 0 unspecified atom stereocenters.